The average Bonchev–Trinajstić information content (AvgIpc) is 2.70. The first kappa shape index (κ1) is 12.0. The van der Waals surface area contributed by atoms with Crippen LogP contribution in [0.1, 0.15) is 15.9 Å². The molecule has 0 fully saturated rings. The van der Waals surface area contributed by atoms with Gasteiger partial charge in [0.25, 0.3) is 5.91 Å². The lowest BCUT2D eigenvalue weighted by Crippen LogP contribution is -2.11. The number of hydrogen-bond acceptors (Lipinski definition) is 2. The first-order valence-electron chi connectivity index (χ1n) is 4.88. The third-order valence-electron chi connectivity index (χ3n) is 2.29. The minimum Gasteiger partial charge on any atom is -0.452 e. The van der Waals surface area contributed by atoms with E-state index in [1.165, 1.54) is 12.3 Å². The molecular formula is C12H9Cl2NO2. The number of rotatable bonds is 2. The highest BCUT2D eigenvalue weighted by Gasteiger charge is 2.13. The Kier molecular flexibility index (Phi) is 3.41. The van der Waals surface area contributed by atoms with Crippen molar-refractivity contribution in [3.63, 3.8) is 0 Å². The Morgan fingerprint density at radius 2 is 2.06 bits per heavy atom. The maximum atomic E-state index is 11.8. The molecule has 88 valence electrons. The van der Waals surface area contributed by atoms with Crippen molar-refractivity contribution < 1.29 is 9.21 Å². The summed E-state index contributed by atoms with van der Waals surface area (Å²) in [6.45, 7) is 1.89. The molecule has 0 radical (unpaired) electrons. The first-order valence-corrected chi connectivity index (χ1v) is 5.64. The first-order chi connectivity index (χ1) is 8.08. The van der Waals surface area contributed by atoms with E-state index >= 15 is 0 Å². The van der Waals surface area contributed by atoms with E-state index in [2.05, 4.69) is 5.32 Å². The number of carbonyl (C=O) groups is 1. The van der Waals surface area contributed by atoms with Crippen molar-refractivity contribution >= 4 is 34.8 Å². The van der Waals surface area contributed by atoms with Gasteiger partial charge in [-0.05, 0) is 42.3 Å². The summed E-state index contributed by atoms with van der Waals surface area (Å²) in [6.07, 6.45) is 1.36. The van der Waals surface area contributed by atoms with Gasteiger partial charge in [-0.2, -0.15) is 0 Å². The van der Waals surface area contributed by atoms with Crippen LogP contribution in [0.2, 0.25) is 10.2 Å². The van der Waals surface area contributed by atoms with Gasteiger partial charge >= 0.3 is 0 Å². The molecule has 0 saturated heterocycles. The summed E-state index contributed by atoms with van der Waals surface area (Å²) in [4.78, 5) is 11.8. The summed E-state index contributed by atoms with van der Waals surface area (Å²) in [5, 5.41) is 3.35. The average molecular weight is 270 g/mol. The van der Waals surface area contributed by atoms with Crippen molar-refractivity contribution in [1.29, 1.82) is 0 Å². The van der Waals surface area contributed by atoms with Crippen molar-refractivity contribution in [2.75, 3.05) is 5.32 Å². The summed E-state index contributed by atoms with van der Waals surface area (Å²) >= 11 is 11.7. The maximum Gasteiger partial charge on any atom is 0.260 e. The normalized spacial score (nSPS) is 10.3. The van der Waals surface area contributed by atoms with E-state index in [9.17, 15) is 4.79 Å². The number of aryl methyl sites for hydroxylation is 1. The van der Waals surface area contributed by atoms with Gasteiger partial charge in [0.2, 0.25) is 5.22 Å². The summed E-state index contributed by atoms with van der Waals surface area (Å²) in [5.41, 5.74) is 1.86. The number of nitrogens with one attached hydrogen (secondary N) is 1. The number of halogens is 2. The molecule has 0 aliphatic heterocycles. The van der Waals surface area contributed by atoms with E-state index in [0.29, 0.717) is 16.3 Å². The minimum atomic E-state index is -0.330. The molecule has 1 amide bonds. The number of anilines is 1. The fraction of sp³-hybridized carbons (Fsp3) is 0.0833. The van der Waals surface area contributed by atoms with Crippen LogP contribution in [0.5, 0.6) is 0 Å². The standard InChI is InChI=1S/C12H9Cl2NO2/c1-7-2-3-8(6-10(7)13)15-12(16)9-4-5-17-11(9)14/h2-6H,1H3,(H,15,16). The SMILES string of the molecule is Cc1ccc(NC(=O)c2ccoc2Cl)cc1Cl. The van der Waals surface area contributed by atoms with Gasteiger partial charge in [0.15, 0.2) is 0 Å². The van der Waals surface area contributed by atoms with Gasteiger partial charge in [0, 0.05) is 10.7 Å². The predicted molar refractivity (Wildman–Crippen MR) is 67.9 cm³/mol. The predicted octanol–water partition coefficient (Wildman–Crippen LogP) is 4.15. The van der Waals surface area contributed by atoms with E-state index in [1.807, 2.05) is 13.0 Å². The van der Waals surface area contributed by atoms with Crippen molar-refractivity contribution in [1.82, 2.24) is 0 Å². The van der Waals surface area contributed by atoms with E-state index in [0.717, 1.165) is 5.56 Å². The molecule has 0 saturated carbocycles. The van der Waals surface area contributed by atoms with Crippen LogP contribution in [0.15, 0.2) is 34.9 Å². The molecule has 5 heteroatoms. The van der Waals surface area contributed by atoms with Gasteiger partial charge in [-0.25, -0.2) is 0 Å². The Balaban J connectivity index is 2.19. The van der Waals surface area contributed by atoms with Crippen LogP contribution in [0.3, 0.4) is 0 Å². The van der Waals surface area contributed by atoms with E-state index in [4.69, 9.17) is 27.6 Å². The molecule has 0 spiro atoms. The van der Waals surface area contributed by atoms with Crippen LogP contribution >= 0.6 is 23.2 Å². The molecule has 1 aromatic heterocycles. The lowest BCUT2D eigenvalue weighted by atomic mass is 10.2. The molecule has 17 heavy (non-hydrogen) atoms. The zero-order valence-electron chi connectivity index (χ0n) is 8.96. The van der Waals surface area contributed by atoms with Gasteiger partial charge in [0.05, 0.1) is 11.8 Å². The third-order valence-corrected chi connectivity index (χ3v) is 2.99. The summed E-state index contributed by atoms with van der Waals surface area (Å²) in [7, 11) is 0. The molecular weight excluding hydrogens is 261 g/mol. The van der Waals surface area contributed by atoms with E-state index in [1.54, 1.807) is 12.1 Å². The Labute approximate surface area is 108 Å². The number of benzene rings is 1. The second kappa shape index (κ2) is 4.82. The van der Waals surface area contributed by atoms with Crippen LogP contribution in [0.25, 0.3) is 0 Å². The highest BCUT2D eigenvalue weighted by Crippen LogP contribution is 2.22. The molecule has 0 atom stereocenters. The fourth-order valence-electron chi connectivity index (χ4n) is 1.32. The molecule has 1 aromatic carbocycles. The summed E-state index contributed by atoms with van der Waals surface area (Å²) < 4.78 is 4.84. The highest BCUT2D eigenvalue weighted by molar-refractivity contribution is 6.33. The van der Waals surface area contributed by atoms with Crippen LogP contribution in [-0.4, -0.2) is 5.91 Å². The lowest BCUT2D eigenvalue weighted by molar-refractivity contribution is 0.102. The van der Waals surface area contributed by atoms with Crippen molar-refractivity contribution in [2.45, 2.75) is 6.92 Å². The zero-order chi connectivity index (χ0) is 12.4. The Morgan fingerprint density at radius 3 is 2.65 bits per heavy atom. The molecule has 3 nitrogen and oxygen atoms in total. The topological polar surface area (TPSA) is 42.2 Å². The molecule has 0 unspecified atom stereocenters. The molecule has 1 heterocycles. The monoisotopic (exact) mass is 269 g/mol. The Morgan fingerprint density at radius 1 is 1.29 bits per heavy atom. The maximum absolute atomic E-state index is 11.8. The summed E-state index contributed by atoms with van der Waals surface area (Å²) in [6, 6.07) is 6.79. The molecule has 0 aliphatic carbocycles. The minimum absolute atomic E-state index is 0.0701. The van der Waals surface area contributed by atoms with Gasteiger partial charge in [-0.1, -0.05) is 17.7 Å². The molecule has 1 N–H and O–H groups in total. The Hall–Kier alpha value is -1.45. The molecule has 0 bridgehead atoms. The molecule has 2 aromatic rings. The fourth-order valence-corrected chi connectivity index (χ4v) is 1.71. The number of amides is 1. The highest BCUT2D eigenvalue weighted by atomic mass is 35.5. The largest absolute Gasteiger partial charge is 0.452 e. The zero-order valence-corrected chi connectivity index (χ0v) is 10.5. The van der Waals surface area contributed by atoms with Gasteiger partial charge < -0.3 is 9.73 Å². The van der Waals surface area contributed by atoms with Gasteiger partial charge in [-0.3, -0.25) is 4.79 Å². The van der Waals surface area contributed by atoms with Gasteiger partial charge in [0.1, 0.15) is 0 Å². The molecule has 2 rings (SSSR count). The number of furan rings is 1. The molecule has 0 aliphatic rings. The smallest absolute Gasteiger partial charge is 0.260 e. The van der Waals surface area contributed by atoms with Crippen LogP contribution in [0.4, 0.5) is 5.69 Å². The van der Waals surface area contributed by atoms with Crippen LogP contribution in [-0.2, 0) is 0 Å². The van der Waals surface area contributed by atoms with Crippen molar-refractivity contribution in [2.24, 2.45) is 0 Å². The second-order valence-electron chi connectivity index (χ2n) is 3.53. The van der Waals surface area contributed by atoms with Crippen molar-refractivity contribution in [3.05, 3.63) is 51.9 Å². The quantitative estimate of drug-likeness (QED) is 0.890. The Bertz CT molecular complexity index is 563. The summed E-state index contributed by atoms with van der Waals surface area (Å²) in [5.74, 6) is -0.330. The number of hydrogen-bond donors (Lipinski definition) is 1. The lowest BCUT2D eigenvalue weighted by Gasteiger charge is -2.05. The van der Waals surface area contributed by atoms with Crippen LogP contribution in [0, 0.1) is 6.92 Å². The van der Waals surface area contributed by atoms with Gasteiger partial charge in [-0.15, -0.1) is 0 Å². The van der Waals surface area contributed by atoms with E-state index < -0.39 is 0 Å². The second-order valence-corrected chi connectivity index (χ2v) is 4.28. The number of carbonyl (C=O) groups excluding carboxylic acids is 1. The van der Waals surface area contributed by atoms with Crippen LogP contribution < -0.4 is 5.32 Å². The van der Waals surface area contributed by atoms with Crippen molar-refractivity contribution in [3.8, 4) is 0 Å². The van der Waals surface area contributed by atoms with E-state index in [-0.39, 0.29) is 11.1 Å². The third kappa shape index (κ3) is 2.62.